The standard InChI is InChI=1S/C19H22FN5O3/c1-4-5-8-24-12(2)16(18(26)28-3)17(23-19(24)27)13-6-7-15(14(20)9-13)25-11-21-10-22-25/h6-7,9-11,17H,4-5,8H2,1-3H3,(H,23,27)/t17-/m1/s1. The highest BCUT2D eigenvalue weighted by Gasteiger charge is 2.36. The van der Waals surface area contributed by atoms with Crippen LogP contribution in [0.2, 0.25) is 0 Å². The van der Waals surface area contributed by atoms with Gasteiger partial charge in [-0.25, -0.2) is 23.6 Å². The second kappa shape index (κ2) is 8.20. The fraction of sp³-hybridized carbons (Fsp3) is 0.368. The van der Waals surface area contributed by atoms with Gasteiger partial charge in [0.25, 0.3) is 0 Å². The van der Waals surface area contributed by atoms with Gasteiger partial charge < -0.3 is 10.1 Å². The summed E-state index contributed by atoms with van der Waals surface area (Å²) in [5.74, 6) is -1.11. The fourth-order valence-electron chi connectivity index (χ4n) is 3.21. The number of halogens is 1. The summed E-state index contributed by atoms with van der Waals surface area (Å²) in [5, 5.41) is 6.71. The lowest BCUT2D eigenvalue weighted by atomic mass is 9.94. The summed E-state index contributed by atoms with van der Waals surface area (Å²) in [7, 11) is 1.28. The largest absolute Gasteiger partial charge is 0.466 e. The quantitative estimate of drug-likeness (QED) is 0.770. The Labute approximate surface area is 162 Å². The number of rotatable bonds is 6. The van der Waals surface area contributed by atoms with Crippen molar-refractivity contribution in [2.24, 2.45) is 0 Å². The minimum atomic E-state index is -0.808. The average Bonchev–Trinajstić information content (AvgIpc) is 3.21. The highest BCUT2D eigenvalue weighted by Crippen LogP contribution is 2.32. The average molecular weight is 387 g/mol. The Morgan fingerprint density at radius 2 is 2.18 bits per heavy atom. The third kappa shape index (κ3) is 3.60. The Morgan fingerprint density at radius 1 is 1.39 bits per heavy atom. The first-order valence-corrected chi connectivity index (χ1v) is 8.99. The van der Waals surface area contributed by atoms with E-state index in [1.54, 1.807) is 13.0 Å². The molecular weight excluding hydrogens is 365 g/mol. The molecule has 0 fully saturated rings. The first kappa shape index (κ1) is 19.5. The van der Waals surface area contributed by atoms with E-state index < -0.39 is 17.8 Å². The molecule has 1 aromatic heterocycles. The number of hydrogen-bond acceptors (Lipinski definition) is 5. The summed E-state index contributed by atoms with van der Waals surface area (Å²) < 4.78 is 20.9. The van der Waals surface area contributed by atoms with Gasteiger partial charge in [-0.05, 0) is 31.0 Å². The minimum Gasteiger partial charge on any atom is -0.466 e. The van der Waals surface area contributed by atoms with Crippen molar-refractivity contribution in [2.75, 3.05) is 13.7 Å². The summed E-state index contributed by atoms with van der Waals surface area (Å²) in [6.07, 6.45) is 4.39. The van der Waals surface area contributed by atoms with Crippen LogP contribution in [0.15, 0.2) is 42.1 Å². The molecule has 2 heterocycles. The zero-order chi connectivity index (χ0) is 20.3. The van der Waals surface area contributed by atoms with E-state index in [9.17, 15) is 14.0 Å². The van der Waals surface area contributed by atoms with E-state index in [-0.39, 0.29) is 17.3 Å². The molecule has 0 spiro atoms. The van der Waals surface area contributed by atoms with Gasteiger partial charge in [-0.3, -0.25) is 4.90 Å². The first-order valence-electron chi connectivity index (χ1n) is 8.99. The number of urea groups is 1. The van der Waals surface area contributed by atoms with Gasteiger partial charge in [0.05, 0.1) is 18.7 Å². The van der Waals surface area contributed by atoms with E-state index in [0.29, 0.717) is 17.8 Å². The first-order chi connectivity index (χ1) is 13.5. The van der Waals surface area contributed by atoms with Crippen molar-refractivity contribution in [3.05, 3.63) is 53.5 Å². The van der Waals surface area contributed by atoms with E-state index in [4.69, 9.17) is 4.74 Å². The second-order valence-electron chi connectivity index (χ2n) is 6.43. The Hall–Kier alpha value is -3.23. The van der Waals surface area contributed by atoms with Gasteiger partial charge in [0.1, 0.15) is 24.2 Å². The van der Waals surface area contributed by atoms with Gasteiger partial charge in [-0.1, -0.05) is 19.4 Å². The van der Waals surface area contributed by atoms with E-state index in [2.05, 4.69) is 15.4 Å². The van der Waals surface area contributed by atoms with Gasteiger partial charge in [0.15, 0.2) is 0 Å². The lowest BCUT2D eigenvalue weighted by Gasteiger charge is -2.35. The molecule has 1 N–H and O–H groups in total. The van der Waals surface area contributed by atoms with Crippen LogP contribution < -0.4 is 5.32 Å². The van der Waals surface area contributed by atoms with E-state index >= 15 is 0 Å². The van der Waals surface area contributed by atoms with Crippen LogP contribution in [-0.2, 0) is 9.53 Å². The highest BCUT2D eigenvalue weighted by molar-refractivity contribution is 5.95. The second-order valence-corrected chi connectivity index (χ2v) is 6.43. The number of carbonyl (C=O) groups excluding carboxylic acids is 2. The topological polar surface area (TPSA) is 89.4 Å². The van der Waals surface area contributed by atoms with E-state index in [0.717, 1.165) is 12.8 Å². The van der Waals surface area contributed by atoms with Crippen LogP contribution >= 0.6 is 0 Å². The maximum Gasteiger partial charge on any atom is 0.337 e. The van der Waals surface area contributed by atoms with Crippen molar-refractivity contribution in [3.8, 4) is 5.69 Å². The number of nitrogens with one attached hydrogen (secondary N) is 1. The molecule has 28 heavy (non-hydrogen) atoms. The molecule has 2 aromatic rings. The molecule has 1 aromatic carbocycles. The van der Waals surface area contributed by atoms with Crippen LogP contribution in [0.3, 0.4) is 0 Å². The summed E-state index contributed by atoms with van der Waals surface area (Å²) in [6.45, 7) is 4.21. The predicted octanol–water partition coefficient (Wildman–Crippen LogP) is 2.72. The Kier molecular flexibility index (Phi) is 5.72. The number of nitrogens with zero attached hydrogens (tertiary/aromatic N) is 4. The number of unbranched alkanes of at least 4 members (excludes halogenated alkanes) is 1. The van der Waals surface area contributed by atoms with Crippen LogP contribution in [-0.4, -0.2) is 45.3 Å². The summed E-state index contributed by atoms with van der Waals surface area (Å²) >= 11 is 0. The van der Waals surface area contributed by atoms with Crippen molar-refractivity contribution < 1.29 is 18.7 Å². The number of benzene rings is 1. The number of esters is 1. The number of allylic oxidation sites excluding steroid dienone is 1. The normalized spacial score (nSPS) is 16.9. The number of amides is 2. The molecule has 3 rings (SSSR count). The van der Waals surface area contributed by atoms with Crippen LogP contribution in [0.5, 0.6) is 0 Å². The summed E-state index contributed by atoms with van der Waals surface area (Å²) in [4.78, 5) is 30.4. The molecule has 0 saturated carbocycles. The molecule has 9 heteroatoms. The lowest BCUT2D eigenvalue weighted by molar-refractivity contribution is -0.136. The van der Waals surface area contributed by atoms with E-state index in [1.807, 2.05) is 6.92 Å². The van der Waals surface area contributed by atoms with Crippen molar-refractivity contribution in [2.45, 2.75) is 32.7 Å². The molecule has 2 amide bonds. The minimum absolute atomic E-state index is 0.216. The molecule has 1 atom stereocenters. The van der Waals surface area contributed by atoms with Crippen molar-refractivity contribution in [1.29, 1.82) is 0 Å². The summed E-state index contributed by atoms with van der Waals surface area (Å²) in [6, 6.07) is 3.31. The van der Waals surface area contributed by atoms with Crippen LogP contribution in [0.4, 0.5) is 9.18 Å². The Morgan fingerprint density at radius 3 is 2.79 bits per heavy atom. The van der Waals surface area contributed by atoms with Gasteiger partial charge in [-0.15, -0.1) is 0 Å². The van der Waals surface area contributed by atoms with E-state index in [1.165, 1.54) is 41.5 Å². The van der Waals surface area contributed by atoms with Crippen LogP contribution in [0.25, 0.3) is 5.69 Å². The number of carbonyl (C=O) groups is 2. The van der Waals surface area contributed by atoms with Crippen molar-refractivity contribution >= 4 is 12.0 Å². The molecule has 0 aliphatic carbocycles. The van der Waals surface area contributed by atoms with Crippen molar-refractivity contribution in [1.82, 2.24) is 25.0 Å². The zero-order valence-corrected chi connectivity index (χ0v) is 16.0. The third-order valence-electron chi connectivity index (χ3n) is 4.71. The van der Waals surface area contributed by atoms with Gasteiger partial charge in [-0.2, -0.15) is 5.10 Å². The molecular formula is C19H22FN5O3. The number of ether oxygens (including phenoxy) is 1. The Balaban J connectivity index is 2.02. The molecule has 1 aliphatic rings. The Bertz CT molecular complexity index is 910. The third-order valence-corrected chi connectivity index (χ3v) is 4.71. The van der Waals surface area contributed by atoms with Crippen molar-refractivity contribution in [3.63, 3.8) is 0 Å². The van der Waals surface area contributed by atoms with Gasteiger partial charge in [0.2, 0.25) is 0 Å². The number of hydrogen-bond donors (Lipinski definition) is 1. The monoisotopic (exact) mass is 387 g/mol. The van der Waals surface area contributed by atoms with Gasteiger partial charge in [0, 0.05) is 12.2 Å². The maximum absolute atomic E-state index is 14.7. The lowest BCUT2D eigenvalue weighted by Crippen LogP contribution is -2.48. The molecule has 0 bridgehead atoms. The SMILES string of the molecule is CCCCN1C(=O)N[C@H](c2ccc(-n3cncn3)c(F)c2)C(C(=O)OC)=C1C. The van der Waals surface area contributed by atoms with Crippen LogP contribution in [0, 0.1) is 5.82 Å². The molecule has 0 unspecified atom stereocenters. The molecule has 0 radical (unpaired) electrons. The zero-order valence-electron chi connectivity index (χ0n) is 16.0. The predicted molar refractivity (Wildman–Crippen MR) is 98.9 cm³/mol. The van der Waals surface area contributed by atoms with Gasteiger partial charge >= 0.3 is 12.0 Å². The molecule has 0 saturated heterocycles. The summed E-state index contributed by atoms with van der Waals surface area (Å²) in [5.41, 5.74) is 1.44. The maximum atomic E-state index is 14.7. The van der Waals surface area contributed by atoms with Crippen LogP contribution in [0.1, 0.15) is 38.3 Å². The smallest absolute Gasteiger partial charge is 0.337 e. The molecule has 8 nitrogen and oxygen atoms in total. The fourth-order valence-corrected chi connectivity index (χ4v) is 3.21. The number of methoxy groups -OCH3 is 1. The number of aromatic nitrogens is 3. The molecule has 148 valence electrons. The molecule has 1 aliphatic heterocycles. The highest BCUT2D eigenvalue weighted by atomic mass is 19.1.